The van der Waals surface area contributed by atoms with Crippen LogP contribution in [0.1, 0.15) is 0 Å². The Balaban J connectivity index is 2.80. The fourth-order valence-corrected chi connectivity index (χ4v) is 1.60. The van der Waals surface area contributed by atoms with Crippen molar-refractivity contribution in [3.63, 3.8) is 0 Å². The fraction of sp³-hybridized carbons (Fsp3) is 0.444. The minimum atomic E-state index is -4.54. The van der Waals surface area contributed by atoms with Crippen molar-refractivity contribution < 1.29 is 18.0 Å². The Morgan fingerprint density at radius 3 is 2.53 bits per heavy atom. The lowest BCUT2D eigenvalue weighted by Gasteiger charge is -2.17. The summed E-state index contributed by atoms with van der Waals surface area (Å²) in [5, 5.41) is 15.5. The highest BCUT2D eigenvalue weighted by molar-refractivity contribution is 6.69. The van der Waals surface area contributed by atoms with Gasteiger partial charge in [0.05, 0.1) is 13.1 Å². The smallest absolute Gasteiger partial charge is 0.384 e. The van der Waals surface area contributed by atoms with Crippen LogP contribution >= 0.6 is 11.6 Å². The first-order chi connectivity index (χ1) is 8.61. The van der Waals surface area contributed by atoms with Crippen LogP contribution in [0.2, 0.25) is 0 Å². The molecule has 1 fully saturated rings. The molecule has 0 aromatic rings. The van der Waals surface area contributed by atoms with Gasteiger partial charge in [-0.25, -0.2) is 4.79 Å². The van der Waals surface area contributed by atoms with Crippen molar-refractivity contribution in [1.82, 2.24) is 10.2 Å². The van der Waals surface area contributed by atoms with Crippen LogP contribution in [-0.4, -0.2) is 47.2 Å². The van der Waals surface area contributed by atoms with E-state index in [0.29, 0.717) is 0 Å². The zero-order valence-corrected chi connectivity index (χ0v) is 10.3. The van der Waals surface area contributed by atoms with Crippen molar-refractivity contribution in [2.75, 3.05) is 13.1 Å². The normalized spacial score (nSPS) is 20.4. The summed E-state index contributed by atoms with van der Waals surface area (Å²) in [4.78, 5) is 12.2. The summed E-state index contributed by atoms with van der Waals surface area (Å²) in [7, 11) is 0. The third-order valence-corrected chi connectivity index (χ3v) is 2.60. The molecule has 0 saturated carbocycles. The van der Waals surface area contributed by atoms with Crippen LogP contribution in [0.5, 0.6) is 0 Å². The molecule has 1 rings (SSSR count). The molecule has 1 aliphatic rings. The predicted molar refractivity (Wildman–Crippen MR) is 63.5 cm³/mol. The maximum Gasteiger partial charge on any atom is 0.410 e. The second kappa shape index (κ2) is 5.47. The van der Waals surface area contributed by atoms with Crippen LogP contribution in [0.25, 0.3) is 0 Å². The molecule has 0 bridgehead atoms. The van der Waals surface area contributed by atoms with Gasteiger partial charge in [-0.2, -0.15) is 13.2 Å². The first-order valence-corrected chi connectivity index (χ1v) is 5.40. The van der Waals surface area contributed by atoms with E-state index in [1.807, 2.05) is 0 Å². The van der Waals surface area contributed by atoms with E-state index in [1.54, 1.807) is 5.32 Å². The van der Waals surface area contributed by atoms with Crippen LogP contribution in [0.4, 0.5) is 18.0 Å². The topological polar surface area (TPSA) is 106 Å². The Bertz CT molecular complexity index is 448. The number of nitrogens with one attached hydrogen (secondary N) is 3. The molecule has 10 heteroatoms. The highest BCUT2D eigenvalue weighted by Gasteiger charge is 2.46. The highest BCUT2D eigenvalue weighted by atomic mass is 35.5. The summed E-state index contributed by atoms with van der Waals surface area (Å²) in [6.07, 6.45) is -3.52. The molecule has 106 valence electrons. The number of amides is 2. The molecule has 0 unspecified atom stereocenters. The first kappa shape index (κ1) is 15.3. The number of nitrogens with zero attached hydrogens (tertiary/aromatic N) is 1. The SMILES string of the molecule is N=C(N)/C=C(/CN1C[C@@H](C(F)(F)F)NC1=O)C(=N)Cl. The maximum absolute atomic E-state index is 12.4. The van der Waals surface area contributed by atoms with Gasteiger partial charge in [0.25, 0.3) is 0 Å². The zero-order chi connectivity index (χ0) is 14.8. The molecular formula is C9H11ClF3N5O. The van der Waals surface area contributed by atoms with Gasteiger partial charge in [0, 0.05) is 5.57 Å². The van der Waals surface area contributed by atoms with Crippen LogP contribution < -0.4 is 11.1 Å². The molecule has 1 heterocycles. The Hall–Kier alpha value is -1.77. The molecule has 1 atom stereocenters. The number of carbonyl (C=O) groups excluding carboxylic acids is 1. The number of urea groups is 1. The van der Waals surface area contributed by atoms with E-state index in [9.17, 15) is 18.0 Å². The first-order valence-electron chi connectivity index (χ1n) is 5.02. The average molecular weight is 298 g/mol. The quantitative estimate of drug-likeness (QED) is 0.459. The monoisotopic (exact) mass is 297 g/mol. The number of halogens is 4. The van der Waals surface area contributed by atoms with Gasteiger partial charge in [0.2, 0.25) is 0 Å². The van der Waals surface area contributed by atoms with Gasteiger partial charge >= 0.3 is 12.2 Å². The van der Waals surface area contributed by atoms with E-state index < -0.39 is 35.8 Å². The Labute approximate surface area is 111 Å². The number of hydrogen-bond acceptors (Lipinski definition) is 3. The molecule has 0 aromatic carbocycles. The minimum absolute atomic E-state index is 0.00728. The third kappa shape index (κ3) is 4.12. The zero-order valence-electron chi connectivity index (χ0n) is 9.51. The molecule has 0 spiro atoms. The van der Waals surface area contributed by atoms with Crippen molar-refractivity contribution >= 4 is 28.6 Å². The van der Waals surface area contributed by atoms with Crippen molar-refractivity contribution in [1.29, 1.82) is 10.8 Å². The highest BCUT2D eigenvalue weighted by Crippen LogP contribution is 2.24. The van der Waals surface area contributed by atoms with Gasteiger partial charge in [0.1, 0.15) is 17.0 Å². The van der Waals surface area contributed by atoms with Gasteiger partial charge in [0.15, 0.2) is 0 Å². The minimum Gasteiger partial charge on any atom is -0.384 e. The summed E-state index contributed by atoms with van der Waals surface area (Å²) in [5.74, 6) is -0.410. The molecule has 0 aliphatic carbocycles. The van der Waals surface area contributed by atoms with Crippen LogP contribution in [-0.2, 0) is 0 Å². The number of carbonyl (C=O) groups is 1. The number of alkyl halides is 3. The van der Waals surface area contributed by atoms with E-state index in [2.05, 4.69) is 0 Å². The lowest BCUT2D eigenvalue weighted by atomic mass is 10.2. The summed E-state index contributed by atoms with van der Waals surface area (Å²) in [6.45, 7) is -0.901. The lowest BCUT2D eigenvalue weighted by Crippen LogP contribution is -2.40. The van der Waals surface area contributed by atoms with E-state index in [4.69, 9.17) is 28.2 Å². The van der Waals surface area contributed by atoms with E-state index in [-0.39, 0.29) is 12.1 Å². The number of nitrogens with two attached hydrogens (primary N) is 1. The van der Waals surface area contributed by atoms with E-state index >= 15 is 0 Å². The second-order valence-corrected chi connectivity index (χ2v) is 4.24. The van der Waals surface area contributed by atoms with Crippen molar-refractivity contribution in [3.8, 4) is 0 Å². The third-order valence-electron chi connectivity index (χ3n) is 2.36. The lowest BCUT2D eigenvalue weighted by molar-refractivity contribution is -0.149. The summed E-state index contributed by atoms with van der Waals surface area (Å²) < 4.78 is 37.3. The molecule has 19 heavy (non-hydrogen) atoms. The molecule has 1 saturated heterocycles. The van der Waals surface area contributed by atoms with Gasteiger partial charge in [-0.1, -0.05) is 11.6 Å². The predicted octanol–water partition coefficient (Wildman–Crippen LogP) is 1.02. The standard InChI is InChI=1S/C9H11ClF3N5O/c10-7(16)4(1-6(14)15)2-18-3-5(9(11,12)13)17-8(18)19/h1,5,16H,2-3H2,(H3,14,15)(H,17,19)/b4-1-,16-7?/t5-/m0/s1. The fourth-order valence-electron chi connectivity index (χ4n) is 1.48. The molecule has 6 nitrogen and oxygen atoms in total. The van der Waals surface area contributed by atoms with Gasteiger partial charge in [-0.15, -0.1) is 0 Å². The van der Waals surface area contributed by atoms with Crippen LogP contribution in [0, 0.1) is 10.8 Å². The van der Waals surface area contributed by atoms with Crippen LogP contribution in [0.15, 0.2) is 11.6 Å². The summed E-state index contributed by atoms with van der Waals surface area (Å²) in [5.41, 5.74) is 5.08. The van der Waals surface area contributed by atoms with E-state index in [1.165, 1.54) is 0 Å². The molecule has 1 aliphatic heterocycles. The molecule has 2 amide bonds. The van der Waals surface area contributed by atoms with Gasteiger partial charge in [-0.3, -0.25) is 10.8 Å². The maximum atomic E-state index is 12.4. The Morgan fingerprint density at radius 2 is 2.16 bits per heavy atom. The number of hydrogen-bond donors (Lipinski definition) is 4. The molecule has 5 N–H and O–H groups in total. The van der Waals surface area contributed by atoms with Crippen molar-refractivity contribution in [3.05, 3.63) is 11.6 Å². The summed E-state index contributed by atoms with van der Waals surface area (Å²) in [6, 6.07) is -2.86. The summed E-state index contributed by atoms with van der Waals surface area (Å²) >= 11 is 5.42. The van der Waals surface area contributed by atoms with Crippen molar-refractivity contribution in [2.45, 2.75) is 12.2 Å². The Kier molecular flexibility index (Phi) is 4.40. The Morgan fingerprint density at radius 1 is 1.58 bits per heavy atom. The van der Waals surface area contributed by atoms with Gasteiger partial charge in [-0.05, 0) is 6.08 Å². The molecular weight excluding hydrogens is 287 g/mol. The molecule has 0 radical (unpaired) electrons. The molecule has 0 aromatic heterocycles. The second-order valence-electron chi connectivity index (χ2n) is 3.86. The van der Waals surface area contributed by atoms with Crippen molar-refractivity contribution in [2.24, 2.45) is 5.73 Å². The van der Waals surface area contributed by atoms with Gasteiger partial charge < -0.3 is 16.0 Å². The number of rotatable bonds is 4. The van der Waals surface area contributed by atoms with Crippen LogP contribution in [0.3, 0.4) is 0 Å². The van der Waals surface area contributed by atoms with E-state index in [0.717, 1.165) is 11.0 Å². The average Bonchev–Trinajstić information content (AvgIpc) is 2.58. The number of amidine groups is 1. The largest absolute Gasteiger partial charge is 0.410 e.